The molecule has 0 unspecified atom stereocenters. The molecule has 1 aromatic carbocycles. The van der Waals surface area contributed by atoms with Crippen molar-refractivity contribution in [3.8, 4) is 0 Å². The van der Waals surface area contributed by atoms with Crippen molar-refractivity contribution in [3.63, 3.8) is 0 Å². The van der Waals surface area contributed by atoms with Gasteiger partial charge < -0.3 is 4.74 Å². The van der Waals surface area contributed by atoms with Gasteiger partial charge in [0.2, 0.25) is 0 Å². The summed E-state index contributed by atoms with van der Waals surface area (Å²) in [6.07, 6.45) is 0.00611. The number of ether oxygens (including phenoxy) is 1. The highest BCUT2D eigenvalue weighted by Crippen LogP contribution is 2.18. The van der Waals surface area contributed by atoms with Crippen molar-refractivity contribution in [2.24, 2.45) is 0 Å². The Morgan fingerprint density at radius 1 is 1.24 bits per heavy atom. The van der Waals surface area contributed by atoms with Crippen LogP contribution in [0.4, 0.5) is 0 Å². The first-order valence-electron chi connectivity index (χ1n) is 6.27. The molecule has 8 heteroatoms. The van der Waals surface area contributed by atoms with Gasteiger partial charge in [-0.25, -0.2) is 0 Å². The molecule has 0 bridgehead atoms. The van der Waals surface area contributed by atoms with Gasteiger partial charge in [0.05, 0.1) is 13.5 Å². The lowest BCUT2D eigenvalue weighted by Crippen LogP contribution is -2.40. The quantitative estimate of drug-likeness (QED) is 0.709. The summed E-state index contributed by atoms with van der Waals surface area (Å²) in [4.78, 5) is 11.1. The molecule has 0 heterocycles. The smallest absolute Gasteiger partial charge is 0.306 e. The van der Waals surface area contributed by atoms with Crippen LogP contribution in [0.3, 0.4) is 0 Å². The highest BCUT2D eigenvalue weighted by Gasteiger charge is 2.24. The van der Waals surface area contributed by atoms with Crippen LogP contribution in [0.5, 0.6) is 0 Å². The average molecular weight is 335 g/mol. The Morgan fingerprint density at radius 2 is 1.86 bits per heavy atom. The first-order chi connectivity index (χ1) is 9.78. The van der Waals surface area contributed by atoms with E-state index in [2.05, 4.69) is 4.74 Å². The van der Waals surface area contributed by atoms with E-state index in [1.807, 2.05) is 0 Å². The normalized spacial score (nSPS) is 11.9. The summed E-state index contributed by atoms with van der Waals surface area (Å²) in [5.74, 6) is -0.453. The summed E-state index contributed by atoms with van der Waals surface area (Å²) in [5.41, 5.74) is 0.714. The predicted molar refractivity (Wildman–Crippen MR) is 81.1 cm³/mol. The van der Waals surface area contributed by atoms with E-state index in [1.54, 1.807) is 24.3 Å². The fraction of sp³-hybridized carbons (Fsp3) is 0.462. The maximum atomic E-state index is 12.3. The van der Waals surface area contributed by atoms with Crippen LogP contribution < -0.4 is 0 Å². The van der Waals surface area contributed by atoms with Crippen molar-refractivity contribution >= 4 is 27.8 Å². The van der Waals surface area contributed by atoms with Crippen LogP contribution >= 0.6 is 11.6 Å². The van der Waals surface area contributed by atoms with E-state index in [0.717, 1.165) is 4.31 Å². The second kappa shape index (κ2) is 7.74. The minimum absolute atomic E-state index is 0.00611. The molecule has 1 rings (SSSR count). The Morgan fingerprint density at radius 3 is 2.43 bits per heavy atom. The minimum atomic E-state index is -3.66. The highest BCUT2D eigenvalue weighted by atomic mass is 35.5. The fourth-order valence-corrected chi connectivity index (χ4v) is 2.95. The second-order valence-electron chi connectivity index (χ2n) is 4.50. The van der Waals surface area contributed by atoms with Crippen LogP contribution in [0, 0.1) is 0 Å². The summed E-state index contributed by atoms with van der Waals surface area (Å²) in [5, 5.41) is 0.511. The molecule has 0 radical (unpaired) electrons. The lowest BCUT2D eigenvalue weighted by molar-refractivity contribution is -0.140. The molecular weight excluding hydrogens is 316 g/mol. The number of carbonyl (C=O) groups excluding carboxylic acids is 1. The summed E-state index contributed by atoms with van der Waals surface area (Å²) >= 11 is 6.02. The van der Waals surface area contributed by atoms with Crippen molar-refractivity contribution < 1.29 is 17.9 Å². The van der Waals surface area contributed by atoms with E-state index >= 15 is 0 Å². The maximum absolute atomic E-state index is 12.3. The molecule has 0 fully saturated rings. The molecule has 0 aliphatic carbocycles. The number of halogens is 1. The summed E-state index contributed by atoms with van der Waals surface area (Å²) < 4.78 is 31.4. The molecule has 6 nitrogen and oxygen atoms in total. The first-order valence-corrected chi connectivity index (χ1v) is 8.04. The molecule has 0 atom stereocenters. The molecular formula is C13H19ClN2O4S. The van der Waals surface area contributed by atoms with Gasteiger partial charge in [-0.05, 0) is 11.6 Å². The van der Waals surface area contributed by atoms with E-state index in [4.69, 9.17) is 11.6 Å². The third kappa shape index (κ3) is 4.96. The minimum Gasteiger partial charge on any atom is -0.469 e. The average Bonchev–Trinajstić information content (AvgIpc) is 2.46. The zero-order valence-corrected chi connectivity index (χ0v) is 13.8. The fourth-order valence-electron chi connectivity index (χ4n) is 1.65. The Hall–Kier alpha value is -1.15. The summed E-state index contributed by atoms with van der Waals surface area (Å²) in [6, 6.07) is 7.05. The zero-order chi connectivity index (χ0) is 16.0. The lowest BCUT2D eigenvalue weighted by Gasteiger charge is -2.24. The molecule has 118 valence electrons. The van der Waals surface area contributed by atoms with Gasteiger partial charge >= 0.3 is 5.97 Å². The van der Waals surface area contributed by atoms with E-state index in [-0.39, 0.29) is 19.5 Å². The van der Waals surface area contributed by atoms with Crippen molar-refractivity contribution in [2.75, 3.05) is 27.7 Å². The van der Waals surface area contributed by atoms with Crippen molar-refractivity contribution in [2.45, 2.75) is 13.0 Å². The number of benzene rings is 1. The molecule has 0 aromatic heterocycles. The van der Waals surface area contributed by atoms with Crippen LogP contribution in [0.1, 0.15) is 12.0 Å². The molecule has 0 amide bonds. The molecule has 0 saturated heterocycles. The Kier molecular flexibility index (Phi) is 6.60. The van der Waals surface area contributed by atoms with E-state index < -0.39 is 16.2 Å². The van der Waals surface area contributed by atoms with Gasteiger partial charge in [-0.2, -0.15) is 17.0 Å². The number of esters is 1. The van der Waals surface area contributed by atoms with Crippen LogP contribution in [-0.2, 0) is 26.3 Å². The second-order valence-corrected chi connectivity index (χ2v) is 7.05. The number of methoxy groups -OCH3 is 1. The van der Waals surface area contributed by atoms with Crippen molar-refractivity contribution in [3.05, 3.63) is 34.9 Å². The van der Waals surface area contributed by atoms with Crippen LogP contribution in [0.2, 0.25) is 5.02 Å². The van der Waals surface area contributed by atoms with Gasteiger partial charge in [0.25, 0.3) is 10.2 Å². The van der Waals surface area contributed by atoms with Gasteiger partial charge in [0.1, 0.15) is 0 Å². The highest BCUT2D eigenvalue weighted by molar-refractivity contribution is 7.86. The van der Waals surface area contributed by atoms with Crippen LogP contribution in [0.15, 0.2) is 24.3 Å². The maximum Gasteiger partial charge on any atom is 0.306 e. The predicted octanol–water partition coefficient (Wildman–Crippen LogP) is 1.51. The third-order valence-electron chi connectivity index (χ3n) is 3.00. The van der Waals surface area contributed by atoms with Gasteiger partial charge in [0, 0.05) is 32.2 Å². The molecule has 21 heavy (non-hydrogen) atoms. The molecule has 0 N–H and O–H groups in total. The number of nitrogens with zero attached hydrogens (tertiary/aromatic N) is 2. The largest absolute Gasteiger partial charge is 0.469 e. The Bertz CT molecular complexity index is 592. The molecule has 1 aromatic rings. The monoisotopic (exact) mass is 334 g/mol. The van der Waals surface area contributed by atoms with Crippen molar-refractivity contribution in [1.82, 2.24) is 8.61 Å². The number of hydrogen-bond donors (Lipinski definition) is 0. The number of carbonyl (C=O) groups is 1. The molecule has 0 saturated carbocycles. The summed E-state index contributed by atoms with van der Waals surface area (Å²) in [7, 11) is 0.490. The third-order valence-corrected chi connectivity index (χ3v) is 5.25. The SMILES string of the molecule is COC(=O)CCN(C)S(=O)(=O)N(C)Cc1ccccc1Cl. The standard InChI is InChI=1S/C13H19ClN2O4S/c1-15(9-8-13(17)20-3)21(18,19)16(2)10-11-6-4-5-7-12(11)14/h4-7H,8-10H2,1-3H3. The van der Waals surface area contributed by atoms with Gasteiger partial charge in [-0.1, -0.05) is 29.8 Å². The molecule has 0 aliphatic rings. The molecule has 0 aliphatic heterocycles. The zero-order valence-electron chi connectivity index (χ0n) is 12.2. The van der Waals surface area contributed by atoms with Crippen LogP contribution in [0.25, 0.3) is 0 Å². The van der Waals surface area contributed by atoms with E-state index in [0.29, 0.717) is 10.6 Å². The topological polar surface area (TPSA) is 66.9 Å². The van der Waals surface area contributed by atoms with Crippen LogP contribution in [-0.4, -0.2) is 50.7 Å². The van der Waals surface area contributed by atoms with Gasteiger partial charge in [0.15, 0.2) is 0 Å². The Balaban J connectivity index is 2.73. The lowest BCUT2D eigenvalue weighted by atomic mass is 10.2. The van der Waals surface area contributed by atoms with E-state index in [9.17, 15) is 13.2 Å². The summed E-state index contributed by atoms with van der Waals surface area (Å²) in [6.45, 7) is 0.215. The van der Waals surface area contributed by atoms with Gasteiger partial charge in [-0.15, -0.1) is 0 Å². The van der Waals surface area contributed by atoms with E-state index in [1.165, 1.54) is 25.5 Å². The van der Waals surface area contributed by atoms with Gasteiger partial charge in [-0.3, -0.25) is 4.79 Å². The number of rotatable bonds is 7. The van der Waals surface area contributed by atoms with Crippen molar-refractivity contribution in [1.29, 1.82) is 0 Å². The molecule has 0 spiro atoms. The number of hydrogen-bond acceptors (Lipinski definition) is 4. The Labute approximate surface area is 130 Å². The first kappa shape index (κ1) is 17.9.